The number of aryl methyl sites for hydroxylation is 5. The summed E-state index contributed by atoms with van der Waals surface area (Å²) in [4.78, 5) is 26.7. The molecule has 0 aliphatic heterocycles. The molecule has 2 aromatic carbocycles. The van der Waals surface area contributed by atoms with Crippen molar-refractivity contribution in [2.24, 2.45) is 0 Å². The zero-order valence-corrected chi connectivity index (χ0v) is 19.9. The first-order chi connectivity index (χ1) is 15.7. The van der Waals surface area contributed by atoms with E-state index in [0.29, 0.717) is 17.6 Å². The van der Waals surface area contributed by atoms with E-state index < -0.39 is 6.04 Å². The summed E-state index contributed by atoms with van der Waals surface area (Å²) in [7, 11) is 0. The Hall–Kier alpha value is -3.74. The third-order valence-corrected chi connectivity index (χ3v) is 6.06. The van der Waals surface area contributed by atoms with Gasteiger partial charge in [-0.15, -0.1) is 0 Å². The van der Waals surface area contributed by atoms with Gasteiger partial charge in [-0.25, -0.2) is 9.36 Å². The maximum atomic E-state index is 13.5. The quantitative estimate of drug-likeness (QED) is 0.484. The summed E-state index contributed by atoms with van der Waals surface area (Å²) in [5, 5.41) is 12.9. The minimum atomic E-state index is -0.745. The fraction of sp³-hybridized carbons (Fsp3) is 0.308. The van der Waals surface area contributed by atoms with E-state index in [2.05, 4.69) is 15.5 Å². The number of fused-ring (bicyclic) bond motifs is 1. The highest BCUT2D eigenvalue weighted by Gasteiger charge is 2.25. The minimum absolute atomic E-state index is 0.269. The number of nitrogens with one attached hydrogen (secondary N) is 1. The van der Waals surface area contributed by atoms with E-state index in [1.54, 1.807) is 4.68 Å². The molecule has 0 radical (unpaired) electrons. The molecule has 1 unspecified atom stereocenters. The van der Waals surface area contributed by atoms with Gasteiger partial charge < -0.3 is 5.32 Å². The smallest absolute Gasteiger partial charge is 0.295 e. The molecule has 0 saturated heterocycles. The van der Waals surface area contributed by atoms with Crippen LogP contribution in [0.5, 0.6) is 0 Å². The average Bonchev–Trinajstić information content (AvgIpc) is 3.13. The number of carbonyl (C=O) groups is 1. The van der Waals surface area contributed by atoms with Crippen LogP contribution in [-0.2, 0) is 4.79 Å². The van der Waals surface area contributed by atoms with Gasteiger partial charge in [0.2, 0.25) is 5.91 Å². The average molecular weight is 444 g/mol. The highest BCUT2D eigenvalue weighted by atomic mass is 16.2. The number of anilines is 1. The first-order valence-electron chi connectivity index (χ1n) is 11.1. The Morgan fingerprint density at radius 2 is 1.64 bits per heavy atom. The molecular formula is C26H29N5O2. The number of amides is 1. The number of aromatic nitrogens is 4. The zero-order valence-electron chi connectivity index (χ0n) is 19.9. The molecule has 2 heterocycles. The lowest BCUT2D eigenvalue weighted by Gasteiger charge is -2.18. The number of hydrogen-bond acceptors (Lipinski definition) is 4. The molecule has 1 N–H and O–H groups in total. The van der Waals surface area contributed by atoms with Crippen LogP contribution in [0.25, 0.3) is 16.6 Å². The number of benzene rings is 2. The van der Waals surface area contributed by atoms with Crippen molar-refractivity contribution in [3.05, 3.63) is 80.9 Å². The third-order valence-electron chi connectivity index (χ3n) is 6.06. The van der Waals surface area contributed by atoms with Crippen LogP contribution in [0.15, 0.2) is 47.3 Å². The lowest BCUT2D eigenvalue weighted by atomic mass is 10.1. The molecule has 0 aliphatic carbocycles. The number of nitrogens with zero attached hydrogens (tertiary/aromatic N) is 4. The maximum absolute atomic E-state index is 13.5. The molecule has 7 heteroatoms. The second-order valence-corrected chi connectivity index (χ2v) is 8.62. The van der Waals surface area contributed by atoms with Gasteiger partial charge in [-0.05, 0) is 70.4 Å². The van der Waals surface area contributed by atoms with Crippen LogP contribution in [0.4, 0.5) is 5.69 Å². The van der Waals surface area contributed by atoms with E-state index in [9.17, 15) is 9.59 Å². The zero-order chi connectivity index (χ0) is 23.9. The molecule has 0 bridgehead atoms. The molecule has 0 saturated carbocycles. The van der Waals surface area contributed by atoms with E-state index in [1.807, 2.05) is 84.0 Å². The molecule has 2 aromatic heterocycles. The van der Waals surface area contributed by atoms with Crippen molar-refractivity contribution < 1.29 is 4.79 Å². The van der Waals surface area contributed by atoms with E-state index in [1.165, 1.54) is 4.68 Å². The largest absolute Gasteiger partial charge is 0.324 e. The minimum Gasteiger partial charge on any atom is -0.324 e. The van der Waals surface area contributed by atoms with E-state index >= 15 is 0 Å². The van der Waals surface area contributed by atoms with Crippen molar-refractivity contribution in [2.45, 2.75) is 54.0 Å². The molecule has 7 nitrogen and oxygen atoms in total. The van der Waals surface area contributed by atoms with Gasteiger partial charge in [0.15, 0.2) is 5.52 Å². The van der Waals surface area contributed by atoms with Crippen molar-refractivity contribution in [3.63, 3.8) is 0 Å². The van der Waals surface area contributed by atoms with Crippen LogP contribution < -0.4 is 10.9 Å². The Kier molecular flexibility index (Phi) is 5.89. The van der Waals surface area contributed by atoms with Gasteiger partial charge in [-0.3, -0.25) is 9.59 Å². The van der Waals surface area contributed by atoms with E-state index in [4.69, 9.17) is 0 Å². The summed E-state index contributed by atoms with van der Waals surface area (Å²) in [6.45, 7) is 11.6. The summed E-state index contributed by atoms with van der Waals surface area (Å²) in [6.07, 6.45) is 0.423. The summed E-state index contributed by atoms with van der Waals surface area (Å²) in [5.41, 5.74) is 6.23. The van der Waals surface area contributed by atoms with Crippen LogP contribution in [0.1, 0.15) is 47.5 Å². The second kappa shape index (κ2) is 8.65. The van der Waals surface area contributed by atoms with Crippen molar-refractivity contribution in [3.8, 4) is 5.69 Å². The third kappa shape index (κ3) is 4.06. The SMILES string of the molecule is CCC(C(=O)Nc1cc(C)ccc1C)n1nc(C)c2c(C)n(-c3ccc(C)cc3)nc2c1=O. The van der Waals surface area contributed by atoms with Gasteiger partial charge in [0.1, 0.15) is 6.04 Å². The Morgan fingerprint density at radius 1 is 0.970 bits per heavy atom. The fourth-order valence-corrected chi connectivity index (χ4v) is 4.16. The van der Waals surface area contributed by atoms with Crippen LogP contribution in [-0.4, -0.2) is 25.5 Å². The van der Waals surface area contributed by atoms with Gasteiger partial charge >= 0.3 is 0 Å². The number of rotatable bonds is 5. The predicted octanol–water partition coefficient (Wildman–Crippen LogP) is 4.71. The van der Waals surface area contributed by atoms with Gasteiger partial charge in [-0.2, -0.15) is 10.2 Å². The number of carbonyl (C=O) groups excluding carboxylic acids is 1. The van der Waals surface area contributed by atoms with Gasteiger partial charge in [0, 0.05) is 5.69 Å². The highest BCUT2D eigenvalue weighted by Crippen LogP contribution is 2.23. The second-order valence-electron chi connectivity index (χ2n) is 8.62. The van der Waals surface area contributed by atoms with Crippen LogP contribution >= 0.6 is 0 Å². The molecule has 0 spiro atoms. The normalized spacial score (nSPS) is 12.2. The van der Waals surface area contributed by atoms with Crippen molar-refractivity contribution in [1.29, 1.82) is 0 Å². The molecule has 0 fully saturated rings. The summed E-state index contributed by atoms with van der Waals surface area (Å²) >= 11 is 0. The highest BCUT2D eigenvalue weighted by molar-refractivity contribution is 5.94. The Bertz CT molecular complexity index is 1410. The van der Waals surface area contributed by atoms with Gasteiger partial charge in [-0.1, -0.05) is 36.8 Å². The lowest BCUT2D eigenvalue weighted by molar-refractivity contribution is -0.119. The summed E-state index contributed by atoms with van der Waals surface area (Å²) in [6, 6.07) is 13.1. The monoisotopic (exact) mass is 443 g/mol. The van der Waals surface area contributed by atoms with Crippen LogP contribution in [0.2, 0.25) is 0 Å². The molecular weight excluding hydrogens is 414 g/mol. The van der Waals surface area contributed by atoms with Gasteiger partial charge in [0.05, 0.1) is 22.5 Å². The molecule has 33 heavy (non-hydrogen) atoms. The van der Waals surface area contributed by atoms with Gasteiger partial charge in [0.25, 0.3) is 5.56 Å². The maximum Gasteiger partial charge on any atom is 0.295 e. The molecule has 4 rings (SSSR count). The molecule has 0 aliphatic rings. The van der Waals surface area contributed by atoms with Crippen molar-refractivity contribution in [1.82, 2.24) is 19.6 Å². The summed E-state index contributed by atoms with van der Waals surface area (Å²) < 4.78 is 3.05. The van der Waals surface area contributed by atoms with E-state index in [0.717, 1.165) is 39.1 Å². The standard InChI is InChI=1S/C26H29N5O2/c1-7-22(25(32)27-21-14-16(3)8-11-17(21)4)31-26(33)24-23(18(5)28-31)19(6)30(29-24)20-12-9-15(2)10-13-20/h8-14,22H,7H2,1-6H3,(H,27,32). The molecule has 4 aromatic rings. The summed E-state index contributed by atoms with van der Waals surface area (Å²) in [5.74, 6) is -0.269. The van der Waals surface area contributed by atoms with Crippen LogP contribution in [0.3, 0.4) is 0 Å². The van der Waals surface area contributed by atoms with E-state index in [-0.39, 0.29) is 11.5 Å². The first-order valence-corrected chi connectivity index (χ1v) is 11.1. The topological polar surface area (TPSA) is 81.8 Å². The molecule has 1 amide bonds. The molecule has 1 atom stereocenters. The fourth-order valence-electron chi connectivity index (χ4n) is 4.16. The van der Waals surface area contributed by atoms with Crippen molar-refractivity contribution in [2.75, 3.05) is 5.32 Å². The predicted molar refractivity (Wildman–Crippen MR) is 131 cm³/mol. The van der Waals surface area contributed by atoms with Crippen LogP contribution in [0, 0.1) is 34.6 Å². The Morgan fingerprint density at radius 3 is 2.30 bits per heavy atom. The first kappa shape index (κ1) is 22.5. The number of hydrogen-bond donors (Lipinski definition) is 1. The lowest BCUT2D eigenvalue weighted by Crippen LogP contribution is -2.35. The Labute approximate surface area is 193 Å². The van der Waals surface area contributed by atoms with Crippen molar-refractivity contribution >= 4 is 22.5 Å². The Balaban J connectivity index is 1.79. The molecule has 170 valence electrons.